The van der Waals surface area contributed by atoms with Crippen LogP contribution >= 0.6 is 0 Å². The van der Waals surface area contributed by atoms with E-state index in [0.29, 0.717) is 29.8 Å². The number of nitrogens with one attached hydrogen (secondary N) is 3. The van der Waals surface area contributed by atoms with Crippen molar-refractivity contribution in [2.45, 2.75) is 13.2 Å². The molecule has 14 nitrogen and oxygen atoms in total. The van der Waals surface area contributed by atoms with Crippen molar-refractivity contribution in [3.05, 3.63) is 179 Å². The number of hydrogen-bond acceptors (Lipinski definition) is 12. The van der Waals surface area contributed by atoms with Crippen molar-refractivity contribution < 1.29 is 48.1 Å². The van der Waals surface area contributed by atoms with E-state index < -0.39 is 30.1 Å². The average molecular weight is 751 g/mol. The van der Waals surface area contributed by atoms with Crippen LogP contribution in [0.1, 0.15) is 42.2 Å². The summed E-state index contributed by atoms with van der Waals surface area (Å²) in [5, 5.41) is 5.07. The van der Waals surface area contributed by atoms with Gasteiger partial charge in [0.05, 0.1) is 16.7 Å². The summed E-state index contributed by atoms with van der Waals surface area (Å²) in [6.45, 7) is 1.91. The number of carbonyl (C=O) groups is 5. The highest BCUT2D eigenvalue weighted by Crippen LogP contribution is 2.06. The molecule has 0 aliphatic carbocycles. The summed E-state index contributed by atoms with van der Waals surface area (Å²) >= 11 is 0. The average Bonchev–Trinajstić information content (AvgIpc) is 3.25. The Morgan fingerprint density at radius 2 is 0.782 bits per heavy atom. The fourth-order valence-electron chi connectivity index (χ4n) is 4.01. The quantitative estimate of drug-likeness (QED) is 0.0493. The van der Waals surface area contributed by atoms with Gasteiger partial charge in [-0.25, -0.2) is 33.7 Å². The summed E-state index contributed by atoms with van der Waals surface area (Å²) in [5.74, 6) is -1.89. The van der Waals surface area contributed by atoms with Crippen LogP contribution in [0.5, 0.6) is 0 Å². The minimum Gasteiger partial charge on any atom is -0.445 e. The Labute approximate surface area is 318 Å². The van der Waals surface area contributed by atoms with Gasteiger partial charge in [0, 0.05) is 26.2 Å². The lowest BCUT2D eigenvalue weighted by Crippen LogP contribution is -2.33. The van der Waals surface area contributed by atoms with Crippen LogP contribution in [0.15, 0.2) is 152 Å². The van der Waals surface area contributed by atoms with Crippen LogP contribution < -0.4 is 21.8 Å². The Kier molecular flexibility index (Phi) is 19.9. The summed E-state index contributed by atoms with van der Waals surface area (Å²) < 4.78 is 9.96. The van der Waals surface area contributed by atoms with Crippen molar-refractivity contribution in [2.75, 3.05) is 26.2 Å². The molecule has 0 unspecified atom stereocenters. The van der Waals surface area contributed by atoms with Crippen molar-refractivity contribution >= 4 is 30.1 Å². The normalized spacial score (nSPS) is 9.69. The molecule has 14 heteroatoms. The molecule has 0 aliphatic rings. The molecule has 55 heavy (non-hydrogen) atoms. The van der Waals surface area contributed by atoms with Gasteiger partial charge in [-0.15, -0.1) is 0 Å². The van der Waals surface area contributed by atoms with Crippen LogP contribution in [0.25, 0.3) is 0 Å². The number of carbonyl (C=O) groups excluding carboxylic acids is 5. The summed E-state index contributed by atoms with van der Waals surface area (Å²) in [6, 6.07) is 44.1. The molecule has 0 saturated carbocycles. The van der Waals surface area contributed by atoms with Crippen molar-refractivity contribution in [3.63, 3.8) is 0 Å². The van der Waals surface area contributed by atoms with Crippen molar-refractivity contribution in [2.24, 2.45) is 5.73 Å². The Hall–Kier alpha value is -7.03. The number of hydroxylamine groups is 1. The maximum absolute atomic E-state index is 11.6. The highest BCUT2D eigenvalue weighted by molar-refractivity contribution is 5.92. The fourth-order valence-corrected chi connectivity index (χ4v) is 4.01. The lowest BCUT2D eigenvalue weighted by atomic mass is 10.2. The van der Waals surface area contributed by atoms with Gasteiger partial charge in [0.2, 0.25) is 0 Å². The van der Waals surface area contributed by atoms with E-state index >= 15 is 0 Å². The number of nitrogens with two attached hydrogens (primary N) is 1. The van der Waals surface area contributed by atoms with Crippen molar-refractivity contribution in [1.82, 2.24) is 16.1 Å². The Bertz CT molecular complexity index is 1800. The predicted molar refractivity (Wildman–Crippen MR) is 202 cm³/mol. The fraction of sp³-hybridized carbons (Fsp3) is 0.146. The minimum absolute atomic E-state index is 0.211. The van der Waals surface area contributed by atoms with E-state index in [4.69, 9.17) is 20.0 Å². The molecule has 5 aromatic carbocycles. The maximum Gasteiger partial charge on any atom is 0.407 e. The molecule has 0 fully saturated rings. The smallest absolute Gasteiger partial charge is 0.407 e. The van der Waals surface area contributed by atoms with Gasteiger partial charge in [-0.2, -0.15) is 5.48 Å². The Morgan fingerprint density at radius 1 is 0.436 bits per heavy atom. The van der Waals surface area contributed by atoms with E-state index in [1.165, 1.54) is 0 Å². The molecule has 0 saturated heterocycles. The number of hydrogen-bond donors (Lipinski definition) is 4. The molecule has 0 spiro atoms. The van der Waals surface area contributed by atoms with Gasteiger partial charge in [0.15, 0.2) is 0 Å². The summed E-state index contributed by atoms with van der Waals surface area (Å²) in [5.41, 5.74) is 10.7. The standard InChI is InChI=1S/C17H18N2O4.C14H10O4.C10H14N2O2/c20-16(15-9-5-2-6-10-15)23-19-12-11-18-17(21)22-13-14-7-3-1-4-8-14;15-13(11-7-3-1-4-8-11)17-18-14(16)12-9-5-2-6-10-12;11-6-7-12-10(13)14-8-9-4-2-1-3-5-9/h1-10,19H,11-13H2,(H,18,21);1-10H;1-5H,6-8,11H2,(H,12,13). The molecule has 0 atom stereocenters. The van der Waals surface area contributed by atoms with Crippen LogP contribution in [0.3, 0.4) is 0 Å². The highest BCUT2D eigenvalue weighted by Gasteiger charge is 2.13. The van der Waals surface area contributed by atoms with Gasteiger partial charge in [-0.05, 0) is 47.5 Å². The zero-order valence-electron chi connectivity index (χ0n) is 29.8. The SMILES string of the molecule is NCCNC(=O)OCc1ccccc1.O=C(NCCNOC(=O)c1ccccc1)OCc1ccccc1.O=C(OOC(=O)c1ccccc1)c1ccccc1. The number of rotatable bonds is 13. The van der Waals surface area contributed by atoms with E-state index in [-0.39, 0.29) is 26.3 Å². The van der Waals surface area contributed by atoms with Crippen LogP contribution in [0, 0.1) is 0 Å². The van der Waals surface area contributed by atoms with E-state index in [9.17, 15) is 24.0 Å². The lowest BCUT2D eigenvalue weighted by molar-refractivity contribution is -0.187. The Balaban J connectivity index is 0.000000229. The van der Waals surface area contributed by atoms with Gasteiger partial charge >= 0.3 is 30.1 Å². The van der Waals surface area contributed by atoms with E-state index in [2.05, 4.69) is 25.9 Å². The third-order valence-electron chi connectivity index (χ3n) is 6.72. The molecule has 5 aromatic rings. The van der Waals surface area contributed by atoms with Crippen molar-refractivity contribution in [1.29, 1.82) is 0 Å². The largest absolute Gasteiger partial charge is 0.445 e. The van der Waals surface area contributed by atoms with Gasteiger partial charge in [-0.1, -0.05) is 115 Å². The van der Waals surface area contributed by atoms with Gasteiger partial charge in [0.1, 0.15) is 13.2 Å². The summed E-state index contributed by atoms with van der Waals surface area (Å²) in [7, 11) is 0. The second-order valence-electron chi connectivity index (χ2n) is 10.9. The third kappa shape index (κ3) is 18.3. The maximum atomic E-state index is 11.6. The Morgan fingerprint density at radius 3 is 1.16 bits per heavy atom. The molecular formula is C41H42N4O10. The molecule has 0 heterocycles. The van der Waals surface area contributed by atoms with Crippen molar-refractivity contribution in [3.8, 4) is 0 Å². The van der Waals surface area contributed by atoms with Crippen LogP contribution in [0.4, 0.5) is 9.59 Å². The summed E-state index contributed by atoms with van der Waals surface area (Å²) in [6.07, 6.45) is -0.954. The van der Waals surface area contributed by atoms with Gasteiger partial charge < -0.3 is 30.7 Å². The molecule has 5 rings (SSSR count). The molecule has 2 amide bonds. The second-order valence-corrected chi connectivity index (χ2v) is 10.9. The molecule has 5 N–H and O–H groups in total. The molecule has 0 radical (unpaired) electrons. The zero-order chi connectivity index (χ0) is 39.4. The molecule has 0 aliphatic heterocycles. The first-order chi connectivity index (χ1) is 26.9. The predicted octanol–water partition coefficient (Wildman–Crippen LogP) is 5.76. The first kappa shape index (κ1) is 42.4. The third-order valence-corrected chi connectivity index (χ3v) is 6.72. The number of alkyl carbamates (subject to hydrolysis) is 2. The zero-order valence-corrected chi connectivity index (χ0v) is 29.8. The second kappa shape index (κ2) is 25.8. The number of benzene rings is 5. The van der Waals surface area contributed by atoms with E-state index in [0.717, 1.165) is 11.1 Å². The molecule has 0 aromatic heterocycles. The topological polar surface area (TPSA) is 194 Å². The minimum atomic E-state index is -0.708. The highest BCUT2D eigenvalue weighted by atomic mass is 17.2. The van der Waals surface area contributed by atoms with Gasteiger partial charge in [0.25, 0.3) is 0 Å². The molecule has 286 valence electrons. The van der Waals surface area contributed by atoms with Crippen LogP contribution in [-0.4, -0.2) is 56.3 Å². The van der Waals surface area contributed by atoms with Crippen LogP contribution in [0.2, 0.25) is 0 Å². The number of amides is 2. The molecular weight excluding hydrogens is 708 g/mol. The van der Waals surface area contributed by atoms with Crippen LogP contribution in [-0.2, 0) is 37.3 Å². The first-order valence-corrected chi connectivity index (χ1v) is 17.0. The molecule has 0 bridgehead atoms. The lowest BCUT2D eigenvalue weighted by Gasteiger charge is -2.08. The van der Waals surface area contributed by atoms with Gasteiger partial charge in [-0.3, -0.25) is 0 Å². The van der Waals surface area contributed by atoms with E-state index in [1.54, 1.807) is 84.9 Å². The number of ether oxygens (including phenoxy) is 2. The monoisotopic (exact) mass is 750 g/mol. The first-order valence-electron chi connectivity index (χ1n) is 17.0. The summed E-state index contributed by atoms with van der Waals surface area (Å²) in [4.78, 5) is 70.8. The van der Waals surface area contributed by atoms with E-state index in [1.807, 2.05) is 66.7 Å².